The molecule has 36 heavy (non-hydrogen) atoms. The molecule has 0 saturated carbocycles. The normalized spacial score (nSPS) is 15.2. The number of benzene rings is 3. The highest BCUT2D eigenvalue weighted by Crippen LogP contribution is 2.31. The van der Waals surface area contributed by atoms with Crippen LogP contribution in [-0.2, 0) is 22.6 Å². The summed E-state index contributed by atoms with van der Waals surface area (Å²) >= 11 is 0. The molecule has 1 heterocycles. The standard InChI is InChI=1S/C28H29N3O5/c1-4-19-11-13-21(14-12-19)29-26(32)17-25-27(33)31(22-8-6-10-24(16-22)36-3)28(34)30(25)18-20-7-5-9-23(15-20)35-2/h5-16,25H,4,17-18H2,1-3H3,(H,29,32). The van der Waals surface area contributed by atoms with Gasteiger partial charge in [0.2, 0.25) is 5.91 Å². The van der Waals surface area contributed by atoms with Crippen molar-refractivity contribution in [2.45, 2.75) is 32.4 Å². The lowest BCUT2D eigenvalue weighted by Gasteiger charge is -2.22. The summed E-state index contributed by atoms with van der Waals surface area (Å²) in [5.74, 6) is 0.338. The van der Waals surface area contributed by atoms with Crippen molar-refractivity contribution in [3.8, 4) is 11.5 Å². The van der Waals surface area contributed by atoms with Gasteiger partial charge < -0.3 is 19.7 Å². The molecule has 8 heteroatoms. The molecule has 8 nitrogen and oxygen atoms in total. The third-order valence-corrected chi connectivity index (χ3v) is 6.14. The number of nitrogens with one attached hydrogen (secondary N) is 1. The Balaban J connectivity index is 1.61. The summed E-state index contributed by atoms with van der Waals surface area (Å²) < 4.78 is 10.6. The molecule has 0 aromatic heterocycles. The monoisotopic (exact) mass is 487 g/mol. The predicted octanol–water partition coefficient (Wildman–Crippen LogP) is 4.63. The predicted molar refractivity (Wildman–Crippen MR) is 137 cm³/mol. The van der Waals surface area contributed by atoms with Crippen molar-refractivity contribution in [3.05, 3.63) is 83.9 Å². The molecule has 0 spiro atoms. The summed E-state index contributed by atoms with van der Waals surface area (Å²) in [4.78, 5) is 42.5. The number of imide groups is 1. The van der Waals surface area contributed by atoms with Gasteiger partial charge in [-0.25, -0.2) is 9.69 Å². The molecule has 186 valence electrons. The summed E-state index contributed by atoms with van der Waals surface area (Å²) in [5, 5.41) is 2.84. The highest BCUT2D eigenvalue weighted by atomic mass is 16.5. The number of anilines is 2. The quantitative estimate of drug-likeness (QED) is 0.445. The molecule has 1 N–H and O–H groups in total. The molecule has 4 amide bonds. The van der Waals surface area contributed by atoms with Crippen LogP contribution in [0.2, 0.25) is 0 Å². The fourth-order valence-electron chi connectivity index (χ4n) is 4.18. The van der Waals surface area contributed by atoms with E-state index in [9.17, 15) is 14.4 Å². The van der Waals surface area contributed by atoms with Gasteiger partial charge in [-0.2, -0.15) is 0 Å². The van der Waals surface area contributed by atoms with Crippen molar-refractivity contribution in [1.29, 1.82) is 0 Å². The lowest BCUT2D eigenvalue weighted by molar-refractivity contribution is -0.124. The number of urea groups is 1. The number of carbonyl (C=O) groups excluding carboxylic acids is 3. The molecular formula is C28H29N3O5. The minimum absolute atomic E-state index is 0.144. The summed E-state index contributed by atoms with van der Waals surface area (Å²) in [6.45, 7) is 2.20. The summed E-state index contributed by atoms with van der Waals surface area (Å²) in [6, 6.07) is 20.1. The molecule has 1 aliphatic heterocycles. The second-order valence-corrected chi connectivity index (χ2v) is 8.46. The van der Waals surface area contributed by atoms with Gasteiger partial charge in [-0.05, 0) is 53.9 Å². The number of methoxy groups -OCH3 is 2. The largest absolute Gasteiger partial charge is 0.497 e. The number of nitrogens with zero attached hydrogens (tertiary/aromatic N) is 2. The van der Waals surface area contributed by atoms with Gasteiger partial charge in [-0.15, -0.1) is 0 Å². The van der Waals surface area contributed by atoms with E-state index in [0.717, 1.165) is 22.4 Å². The van der Waals surface area contributed by atoms with E-state index in [4.69, 9.17) is 9.47 Å². The summed E-state index contributed by atoms with van der Waals surface area (Å²) in [7, 11) is 3.08. The zero-order chi connectivity index (χ0) is 25.7. The van der Waals surface area contributed by atoms with Crippen molar-refractivity contribution in [3.63, 3.8) is 0 Å². The Morgan fingerprint density at radius 1 is 0.889 bits per heavy atom. The average molecular weight is 488 g/mol. The Morgan fingerprint density at radius 3 is 2.22 bits per heavy atom. The minimum atomic E-state index is -0.968. The summed E-state index contributed by atoms with van der Waals surface area (Å²) in [5.41, 5.74) is 2.96. The van der Waals surface area contributed by atoms with Gasteiger partial charge in [0.05, 0.1) is 26.3 Å². The molecule has 0 radical (unpaired) electrons. The smallest absolute Gasteiger partial charge is 0.332 e. The number of hydrogen-bond acceptors (Lipinski definition) is 5. The SMILES string of the molecule is CCc1ccc(NC(=O)CC2C(=O)N(c3cccc(OC)c3)C(=O)N2Cc2cccc(OC)c2)cc1. The first-order valence-electron chi connectivity index (χ1n) is 11.7. The van der Waals surface area contributed by atoms with Crippen LogP contribution in [0, 0.1) is 0 Å². The van der Waals surface area contributed by atoms with Crippen LogP contribution in [-0.4, -0.2) is 43.0 Å². The van der Waals surface area contributed by atoms with Gasteiger partial charge in [0.1, 0.15) is 17.5 Å². The van der Waals surface area contributed by atoms with Crippen molar-refractivity contribution >= 4 is 29.2 Å². The van der Waals surface area contributed by atoms with E-state index >= 15 is 0 Å². The molecular weight excluding hydrogens is 458 g/mol. The zero-order valence-electron chi connectivity index (χ0n) is 20.6. The second-order valence-electron chi connectivity index (χ2n) is 8.46. The van der Waals surface area contributed by atoms with Crippen LogP contribution in [0.5, 0.6) is 11.5 Å². The molecule has 1 fully saturated rings. The maximum absolute atomic E-state index is 13.5. The van der Waals surface area contributed by atoms with Crippen molar-refractivity contribution < 1.29 is 23.9 Å². The molecule has 1 aliphatic rings. The van der Waals surface area contributed by atoms with Crippen LogP contribution in [0.3, 0.4) is 0 Å². The van der Waals surface area contributed by atoms with Gasteiger partial charge in [0.15, 0.2) is 0 Å². The Hall–Kier alpha value is -4.33. The summed E-state index contributed by atoms with van der Waals surface area (Å²) in [6.07, 6.45) is 0.719. The number of rotatable bonds is 9. The van der Waals surface area contributed by atoms with Crippen LogP contribution in [0.1, 0.15) is 24.5 Å². The maximum Gasteiger partial charge on any atom is 0.332 e. The van der Waals surface area contributed by atoms with Gasteiger partial charge in [0.25, 0.3) is 5.91 Å². The topological polar surface area (TPSA) is 88.2 Å². The number of aryl methyl sites for hydroxylation is 1. The van der Waals surface area contributed by atoms with E-state index in [1.807, 2.05) is 36.4 Å². The number of ether oxygens (including phenoxy) is 2. The maximum atomic E-state index is 13.5. The Bertz CT molecular complexity index is 1260. The Kier molecular flexibility index (Phi) is 7.53. The lowest BCUT2D eigenvalue weighted by Crippen LogP contribution is -2.37. The molecule has 0 bridgehead atoms. The molecule has 3 aromatic carbocycles. The third-order valence-electron chi connectivity index (χ3n) is 6.14. The molecule has 3 aromatic rings. The van der Waals surface area contributed by atoms with Gasteiger partial charge >= 0.3 is 6.03 Å². The molecule has 0 aliphatic carbocycles. The average Bonchev–Trinajstić information content (AvgIpc) is 3.13. The highest BCUT2D eigenvalue weighted by Gasteiger charge is 2.46. The van der Waals surface area contributed by atoms with Crippen LogP contribution in [0.15, 0.2) is 72.8 Å². The van der Waals surface area contributed by atoms with E-state index in [-0.39, 0.29) is 18.9 Å². The zero-order valence-corrected chi connectivity index (χ0v) is 20.6. The first-order valence-corrected chi connectivity index (χ1v) is 11.7. The van der Waals surface area contributed by atoms with E-state index in [1.54, 1.807) is 43.5 Å². The number of carbonyl (C=O) groups is 3. The number of hydrogen-bond donors (Lipinski definition) is 1. The highest BCUT2D eigenvalue weighted by molar-refractivity contribution is 6.22. The lowest BCUT2D eigenvalue weighted by atomic mass is 10.1. The van der Waals surface area contributed by atoms with E-state index in [2.05, 4.69) is 12.2 Å². The first-order chi connectivity index (χ1) is 17.4. The fourth-order valence-corrected chi connectivity index (χ4v) is 4.18. The van der Waals surface area contributed by atoms with Gasteiger partial charge in [0, 0.05) is 18.3 Å². The van der Waals surface area contributed by atoms with Gasteiger partial charge in [-0.3, -0.25) is 9.59 Å². The van der Waals surface area contributed by atoms with Gasteiger partial charge in [-0.1, -0.05) is 37.3 Å². The number of amides is 4. The van der Waals surface area contributed by atoms with Crippen LogP contribution in [0.25, 0.3) is 0 Å². The van der Waals surface area contributed by atoms with Crippen molar-refractivity contribution in [2.75, 3.05) is 24.4 Å². The Morgan fingerprint density at radius 2 is 1.56 bits per heavy atom. The molecule has 1 unspecified atom stereocenters. The Labute approximate surface area is 210 Å². The molecule has 1 saturated heterocycles. The fraction of sp³-hybridized carbons (Fsp3) is 0.250. The minimum Gasteiger partial charge on any atom is -0.497 e. The second kappa shape index (κ2) is 10.9. The third kappa shape index (κ3) is 5.33. The molecule has 1 atom stereocenters. The van der Waals surface area contributed by atoms with Crippen LogP contribution >= 0.6 is 0 Å². The van der Waals surface area contributed by atoms with E-state index in [1.165, 1.54) is 12.0 Å². The van der Waals surface area contributed by atoms with Crippen LogP contribution < -0.4 is 19.7 Å². The van der Waals surface area contributed by atoms with Crippen molar-refractivity contribution in [2.24, 2.45) is 0 Å². The van der Waals surface area contributed by atoms with Crippen molar-refractivity contribution in [1.82, 2.24) is 4.90 Å². The van der Waals surface area contributed by atoms with Crippen LogP contribution in [0.4, 0.5) is 16.2 Å². The first kappa shape index (κ1) is 24.8. The van der Waals surface area contributed by atoms with E-state index in [0.29, 0.717) is 22.9 Å². The molecule has 4 rings (SSSR count). The van der Waals surface area contributed by atoms with E-state index < -0.39 is 18.0 Å².